The van der Waals surface area contributed by atoms with Crippen LogP contribution < -0.4 is 16.0 Å². The number of amides is 3. The molecule has 0 aromatic heterocycles. The zero-order chi connectivity index (χ0) is 38.1. The highest BCUT2D eigenvalue weighted by Crippen LogP contribution is 2.49. The molecule has 1 unspecified atom stereocenters. The van der Waals surface area contributed by atoms with Crippen molar-refractivity contribution in [3.8, 4) is 0 Å². The standard InChI is InChI=1S/C40H46N3O9P/c1-29(41-37(44)30(2)42-40(47)51-28-34-22-13-6-14-23-34)38(45)43-36(27-33-20-11-5-12-21-33)53(48,49)52-35(26-32-18-9-4-10-19-32)39(46)50-25-15-24-31-16-7-3-8-17-31/h3-14,16-23,29-30,35-36H,15,24-28H2,1-2H3,(H,41,44)(H,42,47)(H,43,45)(H,48,49)/t29-,30-,35-,36+/m0/s1. The number of hydrogen-bond acceptors (Lipinski definition) is 8. The van der Waals surface area contributed by atoms with Crippen LogP contribution in [-0.2, 0) is 58.8 Å². The Bertz CT molecular complexity index is 1800. The van der Waals surface area contributed by atoms with Gasteiger partial charge in [0.2, 0.25) is 11.8 Å². The first-order valence-corrected chi connectivity index (χ1v) is 19.0. The monoisotopic (exact) mass is 743 g/mol. The lowest BCUT2D eigenvalue weighted by Crippen LogP contribution is -2.53. The largest absolute Gasteiger partial charge is 0.464 e. The van der Waals surface area contributed by atoms with Crippen LogP contribution in [0, 0.1) is 0 Å². The van der Waals surface area contributed by atoms with Gasteiger partial charge in [-0.05, 0) is 48.9 Å². The van der Waals surface area contributed by atoms with Crippen LogP contribution in [0.2, 0.25) is 0 Å². The van der Waals surface area contributed by atoms with Gasteiger partial charge in [0.25, 0.3) is 0 Å². The highest BCUT2D eigenvalue weighted by Gasteiger charge is 2.40. The van der Waals surface area contributed by atoms with E-state index in [1.54, 1.807) is 84.9 Å². The summed E-state index contributed by atoms with van der Waals surface area (Å²) in [6.07, 6.45) is -1.27. The average Bonchev–Trinajstić information content (AvgIpc) is 3.16. The van der Waals surface area contributed by atoms with Crippen molar-refractivity contribution >= 4 is 31.5 Å². The minimum Gasteiger partial charge on any atom is -0.464 e. The van der Waals surface area contributed by atoms with E-state index in [1.807, 2.05) is 36.4 Å². The third-order valence-electron chi connectivity index (χ3n) is 8.17. The van der Waals surface area contributed by atoms with Crippen LogP contribution in [0.15, 0.2) is 121 Å². The van der Waals surface area contributed by atoms with Gasteiger partial charge in [-0.3, -0.25) is 18.7 Å². The number of esters is 1. The molecule has 4 aromatic rings. The Hall–Kier alpha value is -5.29. The van der Waals surface area contributed by atoms with Crippen LogP contribution in [-0.4, -0.2) is 59.3 Å². The molecule has 0 bridgehead atoms. The molecule has 3 amide bonds. The first kappa shape index (κ1) is 40.5. The van der Waals surface area contributed by atoms with Crippen LogP contribution >= 0.6 is 7.60 Å². The van der Waals surface area contributed by atoms with Gasteiger partial charge in [-0.1, -0.05) is 121 Å². The predicted octanol–water partition coefficient (Wildman–Crippen LogP) is 5.48. The van der Waals surface area contributed by atoms with Gasteiger partial charge < -0.3 is 30.3 Å². The maximum atomic E-state index is 14.1. The predicted molar refractivity (Wildman–Crippen MR) is 199 cm³/mol. The molecule has 0 aliphatic carbocycles. The van der Waals surface area contributed by atoms with Crippen molar-refractivity contribution in [2.24, 2.45) is 0 Å². The Kier molecular flexibility index (Phi) is 15.8. The van der Waals surface area contributed by atoms with E-state index in [0.29, 0.717) is 24.0 Å². The molecule has 4 N–H and O–H groups in total. The SMILES string of the molecule is C[C@H](NC(=O)OCc1ccccc1)C(=O)N[C@@H](C)C(=O)N[C@@H](Cc1ccccc1)P(=O)(O)O[C@@H](Cc1ccccc1)C(=O)OCCCc1ccccc1. The highest BCUT2D eigenvalue weighted by molar-refractivity contribution is 7.53. The topological polar surface area (TPSA) is 169 Å². The lowest BCUT2D eigenvalue weighted by Gasteiger charge is -2.28. The Labute approximate surface area is 309 Å². The molecule has 0 aliphatic heterocycles. The summed E-state index contributed by atoms with van der Waals surface area (Å²) in [6.45, 7) is 2.88. The molecule has 53 heavy (non-hydrogen) atoms. The van der Waals surface area contributed by atoms with E-state index < -0.39 is 55.4 Å². The maximum Gasteiger partial charge on any atom is 0.408 e. The van der Waals surface area contributed by atoms with Crippen molar-refractivity contribution in [1.29, 1.82) is 0 Å². The average molecular weight is 744 g/mol. The first-order valence-electron chi connectivity index (χ1n) is 17.4. The number of hydrogen-bond donors (Lipinski definition) is 4. The lowest BCUT2D eigenvalue weighted by atomic mass is 10.1. The summed E-state index contributed by atoms with van der Waals surface area (Å²) < 4.78 is 30.5. The third-order valence-corrected chi connectivity index (χ3v) is 9.83. The summed E-state index contributed by atoms with van der Waals surface area (Å²) in [5.41, 5.74) is 3.13. The second kappa shape index (κ2) is 20.7. The Morgan fingerprint density at radius 2 is 1.09 bits per heavy atom. The molecule has 0 spiro atoms. The second-order valence-corrected chi connectivity index (χ2v) is 14.4. The number of alkyl carbamates (subject to hydrolysis) is 1. The number of nitrogens with one attached hydrogen (secondary N) is 3. The zero-order valence-electron chi connectivity index (χ0n) is 29.8. The summed E-state index contributed by atoms with van der Waals surface area (Å²) >= 11 is 0. The van der Waals surface area contributed by atoms with E-state index in [0.717, 1.165) is 11.1 Å². The van der Waals surface area contributed by atoms with Gasteiger partial charge in [-0.25, -0.2) is 9.59 Å². The lowest BCUT2D eigenvalue weighted by molar-refractivity contribution is -0.152. The smallest absolute Gasteiger partial charge is 0.408 e. The molecule has 0 saturated carbocycles. The molecule has 13 heteroatoms. The van der Waals surface area contributed by atoms with Crippen molar-refractivity contribution in [3.63, 3.8) is 0 Å². The molecular weight excluding hydrogens is 697 g/mol. The number of carbonyl (C=O) groups is 4. The number of rotatable bonds is 19. The van der Waals surface area contributed by atoms with Crippen LogP contribution in [0.4, 0.5) is 4.79 Å². The molecule has 280 valence electrons. The van der Waals surface area contributed by atoms with Crippen LogP contribution in [0.3, 0.4) is 0 Å². The van der Waals surface area contributed by atoms with E-state index in [1.165, 1.54) is 13.8 Å². The van der Waals surface area contributed by atoms with Crippen molar-refractivity contribution < 1.29 is 42.6 Å². The van der Waals surface area contributed by atoms with Crippen molar-refractivity contribution in [1.82, 2.24) is 16.0 Å². The Balaban J connectivity index is 1.41. The van der Waals surface area contributed by atoms with Crippen molar-refractivity contribution in [3.05, 3.63) is 144 Å². The van der Waals surface area contributed by atoms with E-state index in [9.17, 15) is 28.6 Å². The van der Waals surface area contributed by atoms with E-state index >= 15 is 0 Å². The molecule has 0 heterocycles. The number of aryl methyl sites for hydroxylation is 1. The molecule has 4 rings (SSSR count). The molecule has 0 fully saturated rings. The summed E-state index contributed by atoms with van der Waals surface area (Å²) in [7, 11) is -4.82. The van der Waals surface area contributed by atoms with Gasteiger partial charge in [0.05, 0.1) is 6.61 Å². The molecule has 0 radical (unpaired) electrons. The Morgan fingerprint density at radius 3 is 1.66 bits per heavy atom. The number of ether oxygens (including phenoxy) is 2. The van der Waals surface area contributed by atoms with Gasteiger partial charge in [0.15, 0.2) is 6.10 Å². The van der Waals surface area contributed by atoms with Crippen LogP contribution in [0.5, 0.6) is 0 Å². The van der Waals surface area contributed by atoms with Gasteiger partial charge in [0, 0.05) is 12.8 Å². The maximum absolute atomic E-state index is 14.1. The number of benzene rings is 4. The van der Waals surface area contributed by atoms with Gasteiger partial charge in [-0.2, -0.15) is 0 Å². The third kappa shape index (κ3) is 14.0. The molecule has 0 saturated heterocycles. The number of carbonyl (C=O) groups excluding carboxylic acids is 4. The zero-order valence-corrected chi connectivity index (χ0v) is 30.7. The summed E-state index contributed by atoms with van der Waals surface area (Å²) in [4.78, 5) is 63.4. The van der Waals surface area contributed by atoms with E-state index in [4.69, 9.17) is 14.0 Å². The van der Waals surface area contributed by atoms with E-state index in [-0.39, 0.29) is 26.1 Å². The molecule has 4 aromatic carbocycles. The summed E-state index contributed by atoms with van der Waals surface area (Å²) in [5, 5.41) is 7.47. The minimum absolute atomic E-state index is 0.00407. The fourth-order valence-electron chi connectivity index (χ4n) is 5.22. The molecular formula is C40H46N3O9P. The fraction of sp³-hybridized carbons (Fsp3) is 0.300. The van der Waals surface area contributed by atoms with E-state index in [2.05, 4.69) is 16.0 Å². The second-order valence-electron chi connectivity index (χ2n) is 12.5. The highest BCUT2D eigenvalue weighted by atomic mass is 31.2. The van der Waals surface area contributed by atoms with Gasteiger partial charge >= 0.3 is 19.7 Å². The minimum atomic E-state index is -4.82. The summed E-state index contributed by atoms with van der Waals surface area (Å²) in [5.74, 6) is -3.81. The normalized spacial score (nSPS) is 14.3. The molecule has 5 atom stereocenters. The molecule has 0 aliphatic rings. The molecule has 12 nitrogen and oxygen atoms in total. The first-order chi connectivity index (χ1) is 25.5. The van der Waals surface area contributed by atoms with Crippen molar-refractivity contribution in [2.75, 3.05) is 6.61 Å². The fourth-order valence-corrected chi connectivity index (χ4v) is 6.62. The van der Waals surface area contributed by atoms with Gasteiger partial charge in [-0.15, -0.1) is 0 Å². The van der Waals surface area contributed by atoms with Gasteiger partial charge in [0.1, 0.15) is 24.5 Å². The summed E-state index contributed by atoms with van der Waals surface area (Å²) in [6, 6.07) is 34.0. The van der Waals surface area contributed by atoms with Crippen molar-refractivity contribution in [2.45, 2.75) is 70.1 Å². The Morgan fingerprint density at radius 1 is 0.623 bits per heavy atom. The van der Waals surface area contributed by atoms with Crippen LogP contribution in [0.25, 0.3) is 0 Å². The quantitative estimate of drug-likeness (QED) is 0.0552. The van der Waals surface area contributed by atoms with Crippen LogP contribution in [0.1, 0.15) is 42.5 Å².